The van der Waals surface area contributed by atoms with Gasteiger partial charge in [-0.2, -0.15) is 0 Å². The number of likely N-dealkylation sites (N-methyl/N-ethyl adjacent to an activating group) is 1. The average molecular weight is 339 g/mol. The molecule has 6 nitrogen and oxygen atoms in total. The molecule has 0 heterocycles. The molecule has 0 radical (unpaired) electrons. The maximum absolute atomic E-state index is 12.2. The highest BCUT2D eigenvalue weighted by Crippen LogP contribution is 2.31. The predicted octanol–water partition coefficient (Wildman–Crippen LogP) is 1.17. The van der Waals surface area contributed by atoms with E-state index in [1.807, 2.05) is 19.9 Å². The first-order chi connectivity index (χ1) is 10.7. The summed E-state index contributed by atoms with van der Waals surface area (Å²) in [4.78, 5) is 14.0. The van der Waals surface area contributed by atoms with E-state index < -0.39 is 10.0 Å². The van der Waals surface area contributed by atoms with Crippen LogP contribution < -0.4 is 10.5 Å². The minimum Gasteiger partial charge on any atom is -0.345 e. The number of nitrogens with two attached hydrogens (primary N) is 1. The van der Waals surface area contributed by atoms with Gasteiger partial charge in [-0.25, -0.2) is 13.6 Å². The topological polar surface area (TPSA) is 92.5 Å². The molecule has 2 rings (SSSR count). The fraction of sp³-hybridized carbons (Fsp3) is 0.562. The highest BCUT2D eigenvalue weighted by Gasteiger charge is 2.26. The van der Waals surface area contributed by atoms with Crippen LogP contribution in [-0.2, 0) is 21.2 Å². The zero-order valence-electron chi connectivity index (χ0n) is 13.9. The summed E-state index contributed by atoms with van der Waals surface area (Å²) < 4.78 is 23.0. The molecule has 0 saturated carbocycles. The van der Waals surface area contributed by atoms with Crippen molar-refractivity contribution in [3.05, 3.63) is 29.3 Å². The number of primary sulfonamides is 1. The van der Waals surface area contributed by atoms with Crippen molar-refractivity contribution in [2.75, 3.05) is 13.6 Å². The SMILES string of the molecule is CCN(C)C(=O)C(C)NC1CCCc2cc(S(N)(=O)=O)ccc21. The van der Waals surface area contributed by atoms with E-state index in [0.29, 0.717) is 6.54 Å². The summed E-state index contributed by atoms with van der Waals surface area (Å²) in [5, 5.41) is 8.58. The first-order valence-corrected chi connectivity index (χ1v) is 9.45. The maximum atomic E-state index is 12.2. The van der Waals surface area contributed by atoms with Crippen LogP contribution in [0.4, 0.5) is 0 Å². The van der Waals surface area contributed by atoms with Gasteiger partial charge in [-0.05, 0) is 56.4 Å². The third-order valence-corrected chi connectivity index (χ3v) is 5.34. The van der Waals surface area contributed by atoms with Crippen LogP contribution in [-0.4, -0.2) is 38.9 Å². The van der Waals surface area contributed by atoms with Gasteiger partial charge in [0.25, 0.3) is 0 Å². The van der Waals surface area contributed by atoms with Gasteiger partial charge in [0.2, 0.25) is 15.9 Å². The third kappa shape index (κ3) is 4.10. The van der Waals surface area contributed by atoms with E-state index in [-0.39, 0.29) is 22.9 Å². The Morgan fingerprint density at radius 3 is 2.78 bits per heavy atom. The van der Waals surface area contributed by atoms with Gasteiger partial charge in [0, 0.05) is 19.6 Å². The molecular formula is C16H25N3O3S. The quantitative estimate of drug-likeness (QED) is 0.842. The Morgan fingerprint density at radius 2 is 2.17 bits per heavy atom. The van der Waals surface area contributed by atoms with Gasteiger partial charge >= 0.3 is 0 Å². The van der Waals surface area contributed by atoms with Crippen LogP contribution in [0.2, 0.25) is 0 Å². The Labute approximate surface area is 138 Å². The van der Waals surface area contributed by atoms with Crippen molar-refractivity contribution < 1.29 is 13.2 Å². The number of sulfonamides is 1. The van der Waals surface area contributed by atoms with Crippen LogP contribution >= 0.6 is 0 Å². The Bertz CT molecular complexity index is 688. The molecule has 2 atom stereocenters. The number of carbonyl (C=O) groups is 1. The van der Waals surface area contributed by atoms with Crippen molar-refractivity contribution in [2.45, 2.75) is 50.1 Å². The van der Waals surface area contributed by atoms with Gasteiger partial charge < -0.3 is 4.90 Å². The number of hydrogen-bond donors (Lipinski definition) is 2. The molecule has 7 heteroatoms. The summed E-state index contributed by atoms with van der Waals surface area (Å²) in [6, 6.07) is 4.78. The molecule has 1 aliphatic rings. The lowest BCUT2D eigenvalue weighted by Gasteiger charge is -2.30. The molecule has 1 aromatic rings. The largest absolute Gasteiger partial charge is 0.345 e. The van der Waals surface area contributed by atoms with Crippen molar-refractivity contribution >= 4 is 15.9 Å². The second-order valence-electron chi connectivity index (χ2n) is 6.09. The van der Waals surface area contributed by atoms with Gasteiger partial charge in [0.05, 0.1) is 10.9 Å². The lowest BCUT2D eigenvalue weighted by atomic mass is 9.87. The molecule has 0 aromatic heterocycles. The van der Waals surface area contributed by atoms with Crippen LogP contribution in [0.25, 0.3) is 0 Å². The van der Waals surface area contributed by atoms with Crippen molar-refractivity contribution in [1.29, 1.82) is 0 Å². The summed E-state index contributed by atoms with van der Waals surface area (Å²) in [5.74, 6) is 0.0563. The fourth-order valence-corrected chi connectivity index (χ4v) is 3.56. The van der Waals surface area contributed by atoms with Gasteiger partial charge in [-0.15, -0.1) is 0 Å². The molecule has 1 aromatic carbocycles. The number of nitrogens with zero attached hydrogens (tertiary/aromatic N) is 1. The molecule has 0 saturated heterocycles. The van der Waals surface area contributed by atoms with Gasteiger partial charge in [0.1, 0.15) is 0 Å². The molecular weight excluding hydrogens is 314 g/mol. The molecule has 23 heavy (non-hydrogen) atoms. The van der Waals surface area contributed by atoms with Crippen LogP contribution in [0.15, 0.2) is 23.1 Å². The molecule has 0 fully saturated rings. The maximum Gasteiger partial charge on any atom is 0.239 e. The van der Waals surface area contributed by atoms with Crippen molar-refractivity contribution in [1.82, 2.24) is 10.2 Å². The molecule has 3 N–H and O–H groups in total. The van der Waals surface area contributed by atoms with Crippen molar-refractivity contribution in [3.63, 3.8) is 0 Å². The predicted molar refractivity (Wildman–Crippen MR) is 89.4 cm³/mol. The minimum atomic E-state index is -3.69. The van der Waals surface area contributed by atoms with Gasteiger partial charge in [-0.3, -0.25) is 10.1 Å². The van der Waals surface area contributed by atoms with E-state index in [0.717, 1.165) is 30.4 Å². The number of aryl methyl sites for hydroxylation is 1. The molecule has 1 amide bonds. The standard InChI is InChI=1S/C16H25N3O3S/c1-4-19(3)16(20)11(2)18-15-7-5-6-12-10-13(23(17,21)22)8-9-14(12)15/h8-11,15,18H,4-7H2,1-3H3,(H2,17,21,22). The van der Waals surface area contributed by atoms with Crippen LogP contribution in [0.1, 0.15) is 43.9 Å². The van der Waals surface area contributed by atoms with Crippen molar-refractivity contribution in [2.24, 2.45) is 5.14 Å². The molecule has 0 bridgehead atoms. The Kier molecular flexibility index (Phi) is 5.44. The monoisotopic (exact) mass is 339 g/mol. The van der Waals surface area contributed by atoms with Crippen molar-refractivity contribution in [3.8, 4) is 0 Å². The first kappa shape index (κ1) is 17.9. The Hall–Kier alpha value is -1.44. The first-order valence-electron chi connectivity index (χ1n) is 7.90. The zero-order valence-corrected chi connectivity index (χ0v) is 14.7. The van der Waals surface area contributed by atoms with E-state index in [4.69, 9.17) is 5.14 Å². The van der Waals surface area contributed by atoms with E-state index in [1.165, 1.54) is 0 Å². The number of hydrogen-bond acceptors (Lipinski definition) is 4. The molecule has 1 aliphatic carbocycles. The van der Waals surface area contributed by atoms with E-state index in [1.54, 1.807) is 24.1 Å². The third-order valence-electron chi connectivity index (χ3n) is 4.43. The smallest absolute Gasteiger partial charge is 0.239 e. The summed E-state index contributed by atoms with van der Waals surface area (Å²) in [6.07, 6.45) is 2.70. The van der Waals surface area contributed by atoms with E-state index >= 15 is 0 Å². The molecule has 2 unspecified atom stereocenters. The minimum absolute atomic E-state index is 0.0532. The number of rotatable bonds is 5. The normalized spacial score (nSPS) is 19.0. The van der Waals surface area contributed by atoms with Gasteiger partial charge in [-0.1, -0.05) is 6.07 Å². The average Bonchev–Trinajstić information content (AvgIpc) is 2.52. The number of carbonyl (C=O) groups excluding carboxylic acids is 1. The number of amides is 1. The molecule has 0 aliphatic heterocycles. The van der Waals surface area contributed by atoms with E-state index in [2.05, 4.69) is 5.32 Å². The Balaban J connectivity index is 2.21. The second kappa shape index (κ2) is 6.98. The van der Waals surface area contributed by atoms with Crippen LogP contribution in [0, 0.1) is 0 Å². The summed E-state index contributed by atoms with van der Waals surface area (Å²) >= 11 is 0. The summed E-state index contributed by atoms with van der Waals surface area (Å²) in [6.45, 7) is 4.47. The highest BCUT2D eigenvalue weighted by atomic mass is 32.2. The molecule has 0 spiro atoms. The lowest BCUT2D eigenvalue weighted by molar-refractivity contribution is -0.131. The van der Waals surface area contributed by atoms with Crippen LogP contribution in [0.3, 0.4) is 0 Å². The number of benzene rings is 1. The Morgan fingerprint density at radius 1 is 1.48 bits per heavy atom. The number of nitrogens with one attached hydrogen (secondary N) is 1. The lowest BCUT2D eigenvalue weighted by Crippen LogP contribution is -2.45. The zero-order chi connectivity index (χ0) is 17.2. The van der Waals surface area contributed by atoms with Gasteiger partial charge in [0.15, 0.2) is 0 Å². The molecule has 128 valence electrons. The van der Waals surface area contributed by atoms with Crippen LogP contribution in [0.5, 0.6) is 0 Å². The summed E-state index contributed by atoms with van der Waals surface area (Å²) in [7, 11) is -1.90. The number of fused-ring (bicyclic) bond motifs is 1. The highest BCUT2D eigenvalue weighted by molar-refractivity contribution is 7.89. The second-order valence-corrected chi connectivity index (χ2v) is 7.65. The van der Waals surface area contributed by atoms with E-state index in [9.17, 15) is 13.2 Å². The fourth-order valence-electron chi connectivity index (χ4n) is 3.00. The summed E-state index contributed by atoms with van der Waals surface area (Å²) in [5.41, 5.74) is 2.05.